The van der Waals surface area contributed by atoms with Gasteiger partial charge in [0.2, 0.25) is 0 Å². The van der Waals surface area contributed by atoms with Gasteiger partial charge in [-0.25, -0.2) is 0 Å². The van der Waals surface area contributed by atoms with Gasteiger partial charge in [0, 0.05) is 28.8 Å². The molecule has 116 valence electrons. The molecule has 4 nitrogen and oxygen atoms in total. The van der Waals surface area contributed by atoms with Crippen molar-refractivity contribution < 1.29 is 14.3 Å². The van der Waals surface area contributed by atoms with Crippen molar-refractivity contribution in [2.24, 2.45) is 0 Å². The van der Waals surface area contributed by atoms with Gasteiger partial charge in [0.15, 0.2) is 5.43 Å². The summed E-state index contributed by atoms with van der Waals surface area (Å²) in [6.45, 7) is 3.62. The summed E-state index contributed by atoms with van der Waals surface area (Å²) >= 11 is 5.66. The number of fused-ring (bicyclic) bond motifs is 1. The Labute approximate surface area is 137 Å². The molecule has 1 heterocycles. The average molecular weight is 329 g/mol. The summed E-state index contributed by atoms with van der Waals surface area (Å²) in [6.07, 6.45) is 0. The first-order valence-corrected chi connectivity index (χ1v) is 7.25. The van der Waals surface area contributed by atoms with Gasteiger partial charge in [-0.05, 0) is 0 Å². The van der Waals surface area contributed by atoms with E-state index in [9.17, 15) is 9.90 Å². The molecular formula is C18H13ClO4. The molecule has 3 aromatic rings. The second-order valence-corrected chi connectivity index (χ2v) is 5.50. The average Bonchev–Trinajstić information content (AvgIpc) is 2.53. The first kappa shape index (κ1) is 15.2. The number of ether oxygens (including phenoxy) is 1. The monoisotopic (exact) mass is 328 g/mol. The Morgan fingerprint density at radius 1 is 1.22 bits per heavy atom. The lowest BCUT2D eigenvalue weighted by molar-refractivity contribution is 0.356. The van der Waals surface area contributed by atoms with Gasteiger partial charge in [0.1, 0.15) is 34.8 Å². The van der Waals surface area contributed by atoms with Crippen LogP contribution < -0.4 is 10.2 Å². The Morgan fingerprint density at radius 3 is 2.65 bits per heavy atom. The third-order valence-corrected chi connectivity index (χ3v) is 3.35. The Bertz CT molecular complexity index is 929. The van der Waals surface area contributed by atoms with E-state index in [0.29, 0.717) is 16.5 Å². The number of phenols is 1. The van der Waals surface area contributed by atoms with Gasteiger partial charge in [0.05, 0.1) is 0 Å². The predicted octanol–water partition coefficient (Wildman–Crippen LogP) is 4.30. The minimum absolute atomic E-state index is 0.0924. The van der Waals surface area contributed by atoms with E-state index in [2.05, 4.69) is 6.58 Å². The molecule has 0 saturated carbocycles. The molecule has 23 heavy (non-hydrogen) atoms. The highest BCUT2D eigenvalue weighted by molar-refractivity contribution is 6.29. The van der Waals surface area contributed by atoms with Crippen LogP contribution in [0.3, 0.4) is 0 Å². The molecule has 0 fully saturated rings. The number of rotatable bonds is 4. The molecular weight excluding hydrogens is 316 g/mol. The highest BCUT2D eigenvalue weighted by Gasteiger charge is 2.12. The van der Waals surface area contributed by atoms with Crippen LogP contribution in [0.5, 0.6) is 11.5 Å². The van der Waals surface area contributed by atoms with Gasteiger partial charge in [0.25, 0.3) is 0 Å². The van der Waals surface area contributed by atoms with E-state index in [-0.39, 0.29) is 28.8 Å². The van der Waals surface area contributed by atoms with Crippen molar-refractivity contribution in [2.45, 2.75) is 0 Å². The molecule has 0 unspecified atom stereocenters. The fraction of sp³-hybridized carbons (Fsp3) is 0.0556. The van der Waals surface area contributed by atoms with Crippen LogP contribution in [0.4, 0.5) is 0 Å². The molecule has 0 aliphatic rings. The number of phenolic OH excluding ortho intramolecular Hbond substituents is 1. The number of hydrogen-bond acceptors (Lipinski definition) is 4. The quantitative estimate of drug-likeness (QED) is 0.775. The van der Waals surface area contributed by atoms with Gasteiger partial charge in [-0.2, -0.15) is 0 Å². The number of aromatic hydroxyl groups is 1. The van der Waals surface area contributed by atoms with Gasteiger partial charge < -0.3 is 14.3 Å². The van der Waals surface area contributed by atoms with Crippen molar-refractivity contribution in [1.29, 1.82) is 0 Å². The van der Waals surface area contributed by atoms with Crippen molar-refractivity contribution >= 4 is 22.6 Å². The molecule has 2 aromatic carbocycles. The second kappa shape index (κ2) is 6.18. The van der Waals surface area contributed by atoms with E-state index in [0.717, 1.165) is 5.56 Å². The lowest BCUT2D eigenvalue weighted by Crippen LogP contribution is -2.02. The van der Waals surface area contributed by atoms with Crippen molar-refractivity contribution in [1.82, 2.24) is 0 Å². The van der Waals surface area contributed by atoms with Crippen molar-refractivity contribution in [3.63, 3.8) is 0 Å². The van der Waals surface area contributed by atoms with Gasteiger partial charge in [-0.1, -0.05) is 48.5 Å². The van der Waals surface area contributed by atoms with Crippen LogP contribution in [0.1, 0.15) is 0 Å². The molecule has 0 aliphatic heterocycles. The highest BCUT2D eigenvalue weighted by Crippen LogP contribution is 2.31. The third kappa shape index (κ3) is 3.22. The number of halogens is 1. The third-order valence-electron chi connectivity index (χ3n) is 3.24. The fourth-order valence-corrected chi connectivity index (χ4v) is 2.29. The SMILES string of the molecule is C=C(Cl)COc1cc(O)c2c(=O)cc(-c3ccccc3)oc2c1. The maximum atomic E-state index is 12.3. The first-order valence-electron chi connectivity index (χ1n) is 6.87. The van der Waals surface area contributed by atoms with Crippen LogP contribution in [0.25, 0.3) is 22.3 Å². The Morgan fingerprint density at radius 2 is 1.96 bits per heavy atom. The second-order valence-electron chi connectivity index (χ2n) is 4.96. The van der Waals surface area contributed by atoms with E-state index in [1.165, 1.54) is 12.1 Å². The van der Waals surface area contributed by atoms with Crippen molar-refractivity contribution in [3.05, 3.63) is 70.4 Å². The van der Waals surface area contributed by atoms with Gasteiger partial charge in [-0.3, -0.25) is 4.79 Å². The summed E-state index contributed by atoms with van der Waals surface area (Å²) in [5.74, 6) is 0.553. The highest BCUT2D eigenvalue weighted by atomic mass is 35.5. The normalized spacial score (nSPS) is 10.7. The summed E-state index contributed by atoms with van der Waals surface area (Å²) in [6, 6.07) is 13.5. The van der Waals surface area contributed by atoms with Crippen LogP contribution in [-0.4, -0.2) is 11.7 Å². The topological polar surface area (TPSA) is 59.7 Å². The van der Waals surface area contributed by atoms with Crippen molar-refractivity contribution in [2.75, 3.05) is 6.61 Å². The summed E-state index contributed by atoms with van der Waals surface area (Å²) in [5, 5.41) is 10.5. The van der Waals surface area contributed by atoms with E-state index >= 15 is 0 Å². The van der Waals surface area contributed by atoms with E-state index in [1.807, 2.05) is 30.3 Å². The Balaban J connectivity index is 2.14. The standard InChI is InChI=1S/C18H13ClO4/c1-11(19)10-22-13-7-14(20)18-15(21)9-16(23-17(18)8-13)12-5-3-2-4-6-12/h2-9,20H,1,10H2. The maximum absolute atomic E-state index is 12.3. The largest absolute Gasteiger partial charge is 0.507 e. The summed E-state index contributed by atoms with van der Waals surface area (Å²) in [5.41, 5.74) is 0.689. The molecule has 0 aliphatic carbocycles. The van der Waals surface area contributed by atoms with Crippen LogP contribution in [0.2, 0.25) is 0 Å². The summed E-state index contributed by atoms with van der Waals surface area (Å²) < 4.78 is 11.1. The van der Waals surface area contributed by atoms with E-state index in [4.69, 9.17) is 20.8 Å². The van der Waals surface area contributed by atoms with Crippen molar-refractivity contribution in [3.8, 4) is 22.8 Å². The predicted molar refractivity (Wildman–Crippen MR) is 90.1 cm³/mol. The smallest absolute Gasteiger partial charge is 0.197 e. The molecule has 0 radical (unpaired) electrons. The number of hydrogen-bond donors (Lipinski definition) is 1. The molecule has 3 rings (SSSR count). The lowest BCUT2D eigenvalue weighted by atomic mass is 10.1. The molecule has 0 bridgehead atoms. The lowest BCUT2D eigenvalue weighted by Gasteiger charge is -2.08. The molecule has 1 aromatic heterocycles. The van der Waals surface area contributed by atoms with E-state index < -0.39 is 0 Å². The maximum Gasteiger partial charge on any atom is 0.197 e. The summed E-state index contributed by atoms with van der Waals surface area (Å²) in [4.78, 5) is 12.3. The Kier molecular flexibility index (Phi) is 4.08. The minimum atomic E-state index is -0.323. The fourth-order valence-electron chi connectivity index (χ4n) is 2.23. The zero-order chi connectivity index (χ0) is 16.4. The van der Waals surface area contributed by atoms with Gasteiger partial charge >= 0.3 is 0 Å². The molecule has 0 spiro atoms. The van der Waals surface area contributed by atoms with E-state index in [1.54, 1.807) is 6.07 Å². The van der Waals surface area contributed by atoms with Crippen LogP contribution >= 0.6 is 11.6 Å². The van der Waals surface area contributed by atoms with Gasteiger partial charge in [-0.15, -0.1) is 0 Å². The molecule has 0 atom stereocenters. The molecule has 5 heteroatoms. The van der Waals surface area contributed by atoms with Crippen LogP contribution in [0, 0.1) is 0 Å². The summed E-state index contributed by atoms with van der Waals surface area (Å²) in [7, 11) is 0. The Hall–Kier alpha value is -2.72. The zero-order valence-electron chi connectivity index (χ0n) is 12.1. The first-order chi connectivity index (χ1) is 11.0. The molecule has 1 N–H and O–H groups in total. The van der Waals surface area contributed by atoms with Crippen LogP contribution in [0.15, 0.2) is 69.4 Å². The zero-order valence-corrected chi connectivity index (χ0v) is 12.8. The minimum Gasteiger partial charge on any atom is -0.507 e. The van der Waals surface area contributed by atoms with Crippen LogP contribution in [-0.2, 0) is 0 Å². The molecule has 0 amide bonds. The number of benzene rings is 2. The molecule has 0 saturated heterocycles.